The lowest BCUT2D eigenvalue weighted by molar-refractivity contribution is -0.123. The van der Waals surface area contributed by atoms with E-state index in [0.717, 1.165) is 5.76 Å². The third-order valence-corrected chi connectivity index (χ3v) is 4.09. The van der Waals surface area contributed by atoms with Crippen LogP contribution < -0.4 is 10.6 Å². The van der Waals surface area contributed by atoms with Crippen LogP contribution in [0.2, 0.25) is 0 Å². The van der Waals surface area contributed by atoms with E-state index in [1.165, 1.54) is 6.92 Å². The van der Waals surface area contributed by atoms with Gasteiger partial charge in [-0.2, -0.15) is 5.26 Å². The zero-order chi connectivity index (χ0) is 20.6. The number of amides is 1. The number of para-hydroxylation sites is 1. The highest BCUT2D eigenvalue weighted by molar-refractivity contribution is 5.99. The second-order valence-corrected chi connectivity index (χ2v) is 6.21. The van der Waals surface area contributed by atoms with Gasteiger partial charge in [0, 0.05) is 11.4 Å². The molecule has 1 atom stereocenters. The number of benzene rings is 2. The van der Waals surface area contributed by atoms with Gasteiger partial charge in [-0.05, 0) is 49.4 Å². The molecule has 0 aliphatic rings. The molecule has 2 N–H and O–H groups in total. The first-order chi connectivity index (χ1) is 14.1. The van der Waals surface area contributed by atoms with Gasteiger partial charge in [-0.15, -0.1) is 0 Å². The molecule has 0 fully saturated rings. The summed E-state index contributed by atoms with van der Waals surface area (Å²) in [5.41, 5.74) is 1.76. The Bertz CT molecular complexity index is 1040. The Hall–Kier alpha value is -4.05. The van der Waals surface area contributed by atoms with Crippen molar-refractivity contribution in [2.45, 2.75) is 19.6 Å². The van der Waals surface area contributed by atoms with Gasteiger partial charge in [-0.1, -0.05) is 18.2 Å². The van der Waals surface area contributed by atoms with Crippen LogP contribution in [0.1, 0.15) is 28.6 Å². The molecular weight excluding hydrogens is 370 g/mol. The van der Waals surface area contributed by atoms with Crippen molar-refractivity contribution in [3.63, 3.8) is 0 Å². The number of nitriles is 1. The average molecular weight is 389 g/mol. The number of carbonyl (C=O) groups excluding carboxylic acids is 2. The van der Waals surface area contributed by atoms with Gasteiger partial charge in [0.2, 0.25) is 0 Å². The van der Waals surface area contributed by atoms with Crippen molar-refractivity contribution in [3.8, 4) is 6.07 Å². The molecule has 0 saturated carbocycles. The van der Waals surface area contributed by atoms with Crippen molar-refractivity contribution in [1.82, 2.24) is 0 Å². The maximum Gasteiger partial charge on any atom is 0.341 e. The van der Waals surface area contributed by atoms with Gasteiger partial charge in [0.25, 0.3) is 5.91 Å². The molecule has 0 bridgehead atoms. The molecule has 0 aliphatic heterocycles. The topological polar surface area (TPSA) is 104 Å². The zero-order valence-electron chi connectivity index (χ0n) is 15.7. The lowest BCUT2D eigenvalue weighted by atomic mass is 10.1. The fraction of sp³-hybridized carbons (Fsp3) is 0.136. The molecule has 0 radical (unpaired) electrons. The van der Waals surface area contributed by atoms with Gasteiger partial charge in [0.1, 0.15) is 5.76 Å². The van der Waals surface area contributed by atoms with E-state index in [4.69, 9.17) is 14.4 Å². The van der Waals surface area contributed by atoms with E-state index in [1.54, 1.807) is 60.9 Å². The number of rotatable bonds is 7. The first-order valence-electron chi connectivity index (χ1n) is 8.94. The lowest BCUT2D eigenvalue weighted by Gasteiger charge is -2.15. The van der Waals surface area contributed by atoms with Gasteiger partial charge in [-0.25, -0.2) is 4.79 Å². The summed E-state index contributed by atoms with van der Waals surface area (Å²) >= 11 is 0. The van der Waals surface area contributed by atoms with Crippen molar-refractivity contribution in [3.05, 3.63) is 83.8 Å². The molecule has 0 aliphatic carbocycles. The minimum atomic E-state index is -1.02. The van der Waals surface area contributed by atoms with Crippen LogP contribution in [0.3, 0.4) is 0 Å². The van der Waals surface area contributed by atoms with Crippen LogP contribution in [0, 0.1) is 11.3 Å². The summed E-state index contributed by atoms with van der Waals surface area (Å²) in [4.78, 5) is 24.9. The Morgan fingerprint density at radius 2 is 1.97 bits per heavy atom. The molecular formula is C22H19N3O4. The van der Waals surface area contributed by atoms with E-state index >= 15 is 0 Å². The number of esters is 1. The van der Waals surface area contributed by atoms with E-state index < -0.39 is 18.0 Å². The van der Waals surface area contributed by atoms with Crippen LogP contribution in [-0.4, -0.2) is 18.0 Å². The number of hydrogen-bond acceptors (Lipinski definition) is 6. The standard InChI is InChI=1S/C22H19N3O4/c1-15(21(26)25-17-7-4-6-16(12-17)13-23)29-22(27)19-9-2-3-10-20(19)24-14-18-8-5-11-28-18/h2-12,15,24H,14H2,1H3,(H,25,26)/t15-/m1/s1. The molecule has 3 aromatic rings. The van der Waals surface area contributed by atoms with Crippen LogP contribution in [0.5, 0.6) is 0 Å². The monoisotopic (exact) mass is 389 g/mol. The van der Waals surface area contributed by atoms with E-state index in [9.17, 15) is 9.59 Å². The van der Waals surface area contributed by atoms with E-state index in [2.05, 4.69) is 10.6 Å². The molecule has 1 amide bonds. The SMILES string of the molecule is C[C@@H](OC(=O)c1ccccc1NCc1ccco1)C(=O)Nc1cccc(C#N)c1. The number of carbonyl (C=O) groups is 2. The van der Waals surface area contributed by atoms with Gasteiger partial charge in [0.05, 0.1) is 30.0 Å². The Morgan fingerprint density at radius 3 is 2.72 bits per heavy atom. The summed E-state index contributed by atoms with van der Waals surface area (Å²) < 4.78 is 10.6. The van der Waals surface area contributed by atoms with Crippen LogP contribution in [0.4, 0.5) is 11.4 Å². The van der Waals surface area contributed by atoms with Crippen molar-refractivity contribution in [2.75, 3.05) is 10.6 Å². The predicted octanol–water partition coefficient (Wildman–Crippen LogP) is 3.95. The highest BCUT2D eigenvalue weighted by Crippen LogP contribution is 2.19. The van der Waals surface area contributed by atoms with Gasteiger partial charge in [-0.3, -0.25) is 4.79 Å². The van der Waals surface area contributed by atoms with Gasteiger partial charge < -0.3 is 19.8 Å². The van der Waals surface area contributed by atoms with E-state index in [0.29, 0.717) is 29.0 Å². The number of nitrogens with one attached hydrogen (secondary N) is 2. The smallest absolute Gasteiger partial charge is 0.341 e. The van der Waals surface area contributed by atoms with Gasteiger partial charge in [0.15, 0.2) is 6.10 Å². The quantitative estimate of drug-likeness (QED) is 0.593. The molecule has 0 unspecified atom stereocenters. The van der Waals surface area contributed by atoms with Crippen LogP contribution in [-0.2, 0) is 16.1 Å². The molecule has 7 heteroatoms. The molecule has 29 heavy (non-hydrogen) atoms. The Kier molecular flexibility index (Phi) is 6.28. The molecule has 1 aromatic heterocycles. The van der Waals surface area contributed by atoms with E-state index in [1.807, 2.05) is 12.1 Å². The van der Waals surface area contributed by atoms with E-state index in [-0.39, 0.29) is 0 Å². The number of anilines is 2. The first kappa shape index (κ1) is 19.7. The summed E-state index contributed by atoms with van der Waals surface area (Å²) in [6.45, 7) is 1.89. The van der Waals surface area contributed by atoms with Crippen molar-refractivity contribution in [2.24, 2.45) is 0 Å². The van der Waals surface area contributed by atoms with Gasteiger partial charge >= 0.3 is 5.97 Å². The van der Waals surface area contributed by atoms with Crippen molar-refractivity contribution < 1.29 is 18.7 Å². The Balaban J connectivity index is 1.63. The molecule has 7 nitrogen and oxygen atoms in total. The van der Waals surface area contributed by atoms with Crippen molar-refractivity contribution >= 4 is 23.3 Å². The fourth-order valence-corrected chi connectivity index (χ4v) is 2.60. The summed E-state index contributed by atoms with van der Waals surface area (Å²) in [5, 5.41) is 14.7. The second-order valence-electron chi connectivity index (χ2n) is 6.21. The molecule has 2 aromatic carbocycles. The number of furan rings is 1. The normalized spacial score (nSPS) is 11.2. The third kappa shape index (κ3) is 5.23. The number of hydrogen-bond donors (Lipinski definition) is 2. The largest absolute Gasteiger partial charge is 0.467 e. The maximum atomic E-state index is 12.6. The molecule has 3 rings (SSSR count). The van der Waals surface area contributed by atoms with Crippen molar-refractivity contribution in [1.29, 1.82) is 5.26 Å². The first-order valence-corrected chi connectivity index (χ1v) is 8.94. The number of ether oxygens (including phenoxy) is 1. The average Bonchev–Trinajstić information content (AvgIpc) is 3.26. The number of nitrogens with zero attached hydrogens (tertiary/aromatic N) is 1. The minimum absolute atomic E-state index is 0.310. The summed E-state index contributed by atoms with van der Waals surface area (Å²) in [6, 6.07) is 19.0. The highest BCUT2D eigenvalue weighted by Gasteiger charge is 2.21. The molecule has 0 spiro atoms. The summed E-state index contributed by atoms with van der Waals surface area (Å²) in [6.07, 6.45) is 0.551. The Labute approximate surface area is 167 Å². The minimum Gasteiger partial charge on any atom is -0.467 e. The highest BCUT2D eigenvalue weighted by atomic mass is 16.5. The predicted molar refractivity (Wildman–Crippen MR) is 107 cm³/mol. The second kappa shape index (κ2) is 9.24. The third-order valence-electron chi connectivity index (χ3n) is 4.09. The molecule has 146 valence electrons. The van der Waals surface area contributed by atoms with Crippen LogP contribution in [0.15, 0.2) is 71.3 Å². The molecule has 0 saturated heterocycles. The fourth-order valence-electron chi connectivity index (χ4n) is 2.60. The maximum absolute atomic E-state index is 12.6. The summed E-state index contributed by atoms with van der Waals surface area (Å²) in [7, 11) is 0. The Morgan fingerprint density at radius 1 is 1.14 bits per heavy atom. The van der Waals surface area contributed by atoms with Crippen LogP contribution >= 0.6 is 0 Å². The lowest BCUT2D eigenvalue weighted by Crippen LogP contribution is -2.30. The molecule has 1 heterocycles. The zero-order valence-corrected chi connectivity index (χ0v) is 15.7. The summed E-state index contributed by atoms with van der Waals surface area (Å²) in [5.74, 6) is -0.393. The van der Waals surface area contributed by atoms with Crippen LogP contribution in [0.25, 0.3) is 0 Å².